The summed E-state index contributed by atoms with van der Waals surface area (Å²) in [6, 6.07) is 0.256. The minimum atomic E-state index is -0.614. The Kier molecular flexibility index (Phi) is 4.14. The molecule has 18 heavy (non-hydrogen) atoms. The van der Waals surface area contributed by atoms with Gasteiger partial charge in [-0.2, -0.15) is 5.10 Å². The third-order valence-corrected chi connectivity index (χ3v) is 4.88. The molecule has 1 aliphatic carbocycles. The third kappa shape index (κ3) is 2.78. The summed E-state index contributed by atoms with van der Waals surface area (Å²) in [7, 11) is 1.94. The number of nitrogens with two attached hydrogens (primary N) is 1. The molecule has 0 saturated heterocycles. The molecule has 1 aliphatic rings. The summed E-state index contributed by atoms with van der Waals surface area (Å²) in [6.07, 6.45) is 4.95. The molecule has 5 heteroatoms. The zero-order chi connectivity index (χ0) is 13.3. The van der Waals surface area contributed by atoms with Gasteiger partial charge < -0.3 is 10.8 Å². The van der Waals surface area contributed by atoms with Gasteiger partial charge in [-0.3, -0.25) is 4.68 Å². The monoisotopic (exact) mass is 315 g/mol. The average molecular weight is 316 g/mol. The van der Waals surface area contributed by atoms with Crippen LogP contribution in [0.5, 0.6) is 0 Å². The highest BCUT2D eigenvalue weighted by Gasteiger charge is 2.34. The summed E-state index contributed by atoms with van der Waals surface area (Å²) >= 11 is 3.61. The number of hydrogen-bond acceptors (Lipinski definition) is 3. The number of aliphatic hydroxyl groups is 1. The molecule has 1 heterocycles. The van der Waals surface area contributed by atoms with Crippen LogP contribution < -0.4 is 5.73 Å². The van der Waals surface area contributed by atoms with Crippen LogP contribution in [0.2, 0.25) is 0 Å². The molecule has 1 fully saturated rings. The van der Waals surface area contributed by atoms with E-state index in [4.69, 9.17) is 5.73 Å². The highest BCUT2D eigenvalue weighted by atomic mass is 79.9. The van der Waals surface area contributed by atoms with E-state index in [2.05, 4.69) is 28.0 Å². The van der Waals surface area contributed by atoms with Gasteiger partial charge in [0.05, 0.1) is 21.5 Å². The zero-order valence-electron chi connectivity index (χ0n) is 11.1. The van der Waals surface area contributed by atoms with Crippen molar-refractivity contribution in [1.82, 2.24) is 9.78 Å². The normalized spacial score (nSPS) is 28.6. The summed E-state index contributed by atoms with van der Waals surface area (Å²) in [4.78, 5) is 0. The maximum absolute atomic E-state index is 10.7. The van der Waals surface area contributed by atoms with E-state index in [1.807, 2.05) is 11.7 Å². The Bertz CT molecular complexity index is 422. The van der Waals surface area contributed by atoms with E-state index in [1.54, 1.807) is 0 Å². The first-order valence-corrected chi connectivity index (χ1v) is 7.42. The molecular weight excluding hydrogens is 294 g/mol. The molecule has 0 unspecified atom stereocenters. The maximum Gasteiger partial charge on any atom is 0.0766 e. The molecule has 2 rings (SSSR count). The SMILES string of the molecule is CCc1nn(C)c(CC2(O)CCC(N)CC2)c1Br. The van der Waals surface area contributed by atoms with Crippen molar-refractivity contribution in [3.8, 4) is 0 Å². The Morgan fingerprint density at radius 3 is 2.61 bits per heavy atom. The lowest BCUT2D eigenvalue weighted by Gasteiger charge is -2.34. The highest BCUT2D eigenvalue weighted by Crippen LogP contribution is 2.33. The van der Waals surface area contributed by atoms with Crippen LogP contribution in [0.15, 0.2) is 4.47 Å². The predicted molar refractivity (Wildman–Crippen MR) is 75.4 cm³/mol. The maximum atomic E-state index is 10.7. The van der Waals surface area contributed by atoms with Crippen molar-refractivity contribution in [1.29, 1.82) is 0 Å². The zero-order valence-corrected chi connectivity index (χ0v) is 12.7. The fraction of sp³-hybridized carbons (Fsp3) is 0.769. The first-order chi connectivity index (χ1) is 8.45. The van der Waals surface area contributed by atoms with Gasteiger partial charge in [-0.15, -0.1) is 0 Å². The largest absolute Gasteiger partial charge is 0.389 e. The highest BCUT2D eigenvalue weighted by molar-refractivity contribution is 9.10. The van der Waals surface area contributed by atoms with Gasteiger partial charge in [0.25, 0.3) is 0 Å². The Balaban J connectivity index is 2.16. The molecule has 0 radical (unpaired) electrons. The topological polar surface area (TPSA) is 64.1 Å². The number of aryl methyl sites for hydroxylation is 2. The molecular formula is C13H22BrN3O. The molecule has 4 nitrogen and oxygen atoms in total. The average Bonchev–Trinajstić information content (AvgIpc) is 2.61. The molecule has 1 saturated carbocycles. The number of nitrogens with zero attached hydrogens (tertiary/aromatic N) is 2. The van der Waals surface area contributed by atoms with Crippen LogP contribution >= 0.6 is 15.9 Å². The van der Waals surface area contributed by atoms with Crippen molar-refractivity contribution in [2.75, 3.05) is 0 Å². The quantitative estimate of drug-likeness (QED) is 0.895. The fourth-order valence-corrected chi connectivity index (χ4v) is 3.43. The van der Waals surface area contributed by atoms with Crippen LogP contribution in [0.4, 0.5) is 0 Å². The number of halogens is 1. The summed E-state index contributed by atoms with van der Waals surface area (Å²) in [5, 5.41) is 15.1. The second-order valence-electron chi connectivity index (χ2n) is 5.42. The summed E-state index contributed by atoms with van der Waals surface area (Å²) in [6.45, 7) is 2.09. The summed E-state index contributed by atoms with van der Waals surface area (Å²) < 4.78 is 2.94. The van der Waals surface area contributed by atoms with Crippen LogP contribution in [0, 0.1) is 0 Å². The van der Waals surface area contributed by atoms with Gasteiger partial charge in [0, 0.05) is 19.5 Å². The standard InChI is InChI=1S/C13H22BrN3O/c1-3-10-12(14)11(17(2)16-10)8-13(18)6-4-9(15)5-7-13/h9,18H,3-8,15H2,1-2H3. The van der Waals surface area contributed by atoms with Gasteiger partial charge in [-0.25, -0.2) is 0 Å². The lowest BCUT2D eigenvalue weighted by atomic mass is 9.79. The van der Waals surface area contributed by atoms with E-state index >= 15 is 0 Å². The molecule has 0 spiro atoms. The van der Waals surface area contributed by atoms with E-state index in [0.29, 0.717) is 6.42 Å². The molecule has 0 atom stereocenters. The Morgan fingerprint density at radius 2 is 2.11 bits per heavy atom. The van der Waals surface area contributed by atoms with Crippen molar-refractivity contribution < 1.29 is 5.11 Å². The van der Waals surface area contributed by atoms with Gasteiger partial charge in [-0.05, 0) is 48.0 Å². The molecule has 1 aromatic rings. The summed E-state index contributed by atoms with van der Waals surface area (Å²) in [5.41, 5.74) is 7.43. The van der Waals surface area contributed by atoms with Crippen LogP contribution in [0.3, 0.4) is 0 Å². The van der Waals surface area contributed by atoms with Gasteiger partial charge in [-0.1, -0.05) is 6.92 Å². The Morgan fingerprint density at radius 1 is 1.50 bits per heavy atom. The fourth-order valence-electron chi connectivity index (χ4n) is 2.68. The van der Waals surface area contributed by atoms with Crippen LogP contribution in [0.1, 0.15) is 44.0 Å². The smallest absolute Gasteiger partial charge is 0.0766 e. The Labute approximate surface area is 117 Å². The minimum Gasteiger partial charge on any atom is -0.389 e. The van der Waals surface area contributed by atoms with Gasteiger partial charge in [0.15, 0.2) is 0 Å². The second kappa shape index (κ2) is 5.31. The van der Waals surface area contributed by atoms with Crippen molar-refractivity contribution in [2.24, 2.45) is 12.8 Å². The van der Waals surface area contributed by atoms with Crippen molar-refractivity contribution in [3.05, 3.63) is 15.9 Å². The van der Waals surface area contributed by atoms with E-state index in [-0.39, 0.29) is 6.04 Å². The van der Waals surface area contributed by atoms with Crippen LogP contribution in [0.25, 0.3) is 0 Å². The molecule has 3 N–H and O–H groups in total. The van der Waals surface area contributed by atoms with Gasteiger partial charge in [0.1, 0.15) is 0 Å². The first-order valence-electron chi connectivity index (χ1n) is 6.63. The van der Waals surface area contributed by atoms with E-state index in [1.165, 1.54) is 0 Å². The van der Waals surface area contributed by atoms with Crippen molar-refractivity contribution >= 4 is 15.9 Å². The molecule has 0 aromatic carbocycles. The predicted octanol–water partition coefficient (Wildman–Crippen LogP) is 1.92. The first kappa shape index (κ1) is 14.0. The third-order valence-electron chi connectivity index (χ3n) is 3.96. The van der Waals surface area contributed by atoms with E-state index < -0.39 is 5.60 Å². The number of rotatable bonds is 3. The van der Waals surface area contributed by atoms with Crippen molar-refractivity contribution in [3.63, 3.8) is 0 Å². The molecule has 0 amide bonds. The Hall–Kier alpha value is -0.390. The van der Waals surface area contributed by atoms with Crippen LogP contribution in [-0.4, -0.2) is 26.5 Å². The molecule has 0 bridgehead atoms. The molecule has 0 aliphatic heterocycles. The van der Waals surface area contributed by atoms with E-state index in [0.717, 1.165) is 48.0 Å². The van der Waals surface area contributed by atoms with E-state index in [9.17, 15) is 5.11 Å². The second-order valence-corrected chi connectivity index (χ2v) is 6.22. The van der Waals surface area contributed by atoms with Gasteiger partial charge in [0.2, 0.25) is 0 Å². The number of hydrogen-bond donors (Lipinski definition) is 2. The van der Waals surface area contributed by atoms with Gasteiger partial charge >= 0.3 is 0 Å². The van der Waals surface area contributed by atoms with Crippen molar-refractivity contribution in [2.45, 2.75) is 57.1 Å². The lowest BCUT2D eigenvalue weighted by Crippen LogP contribution is -2.40. The summed E-state index contributed by atoms with van der Waals surface area (Å²) in [5.74, 6) is 0. The minimum absolute atomic E-state index is 0.256. The molecule has 102 valence electrons. The number of aromatic nitrogens is 2. The van der Waals surface area contributed by atoms with Crippen LogP contribution in [-0.2, 0) is 19.9 Å². The molecule has 1 aromatic heterocycles. The lowest BCUT2D eigenvalue weighted by molar-refractivity contribution is -0.00144.